The van der Waals surface area contributed by atoms with E-state index in [0.29, 0.717) is 34.8 Å². The molecule has 6 heteroatoms. The van der Waals surface area contributed by atoms with Crippen LogP contribution in [0.15, 0.2) is 12.1 Å². The first-order valence-corrected chi connectivity index (χ1v) is 7.32. The van der Waals surface area contributed by atoms with Crippen LogP contribution >= 0.6 is 11.6 Å². The number of nitrogens with zero attached hydrogens (tertiary/aromatic N) is 3. The van der Waals surface area contributed by atoms with Gasteiger partial charge in [0, 0.05) is 6.54 Å². The number of carbonyl (C=O) groups is 1. The fourth-order valence-corrected chi connectivity index (χ4v) is 3.62. The zero-order valence-corrected chi connectivity index (χ0v) is 12.6. The number of aliphatic hydroxyl groups excluding tert-OH is 1. The van der Waals surface area contributed by atoms with Gasteiger partial charge in [-0.15, -0.1) is 0 Å². The molecule has 3 rings (SSSR count). The first kappa shape index (κ1) is 14.2. The Morgan fingerprint density at radius 3 is 2.81 bits per heavy atom. The van der Waals surface area contributed by atoms with E-state index in [1.54, 1.807) is 28.9 Å². The Labute approximate surface area is 128 Å². The van der Waals surface area contributed by atoms with Gasteiger partial charge in [0.1, 0.15) is 6.07 Å². The lowest BCUT2D eigenvalue weighted by Gasteiger charge is -2.26. The van der Waals surface area contributed by atoms with Gasteiger partial charge in [0.2, 0.25) is 0 Å². The maximum absolute atomic E-state index is 12.6. The summed E-state index contributed by atoms with van der Waals surface area (Å²) in [5, 5.41) is 19.5. The van der Waals surface area contributed by atoms with Gasteiger partial charge in [0.05, 0.1) is 34.5 Å². The van der Waals surface area contributed by atoms with Crippen molar-refractivity contribution in [1.82, 2.24) is 4.90 Å². The maximum atomic E-state index is 12.6. The molecule has 0 aromatic heterocycles. The molecule has 0 radical (unpaired) electrons. The molecule has 2 aliphatic heterocycles. The number of nitriles is 1. The van der Waals surface area contributed by atoms with Crippen LogP contribution in [0.5, 0.6) is 0 Å². The van der Waals surface area contributed by atoms with Gasteiger partial charge < -0.3 is 10.0 Å². The molecule has 1 aromatic rings. The second-order valence-corrected chi connectivity index (χ2v) is 5.99. The quantitative estimate of drug-likeness (QED) is 0.865. The van der Waals surface area contributed by atoms with Crippen molar-refractivity contribution in [2.24, 2.45) is 0 Å². The molecular weight excluding hydrogens is 290 g/mol. The van der Waals surface area contributed by atoms with Crippen molar-refractivity contribution in [3.63, 3.8) is 0 Å². The van der Waals surface area contributed by atoms with E-state index in [0.717, 1.165) is 0 Å². The molecular formula is C15H16ClN3O2. The Morgan fingerprint density at radius 2 is 2.19 bits per heavy atom. The number of hydrogen-bond acceptors (Lipinski definition) is 3. The van der Waals surface area contributed by atoms with Gasteiger partial charge >= 0.3 is 6.03 Å². The van der Waals surface area contributed by atoms with Gasteiger partial charge in [0.15, 0.2) is 0 Å². The summed E-state index contributed by atoms with van der Waals surface area (Å²) >= 11 is 6.20. The van der Waals surface area contributed by atoms with Crippen molar-refractivity contribution in [3.8, 4) is 6.07 Å². The summed E-state index contributed by atoms with van der Waals surface area (Å²) in [6, 6.07) is 5.01. The van der Waals surface area contributed by atoms with Crippen molar-refractivity contribution in [3.05, 3.63) is 28.3 Å². The summed E-state index contributed by atoms with van der Waals surface area (Å²) in [5.74, 6) is 0. The highest BCUT2D eigenvalue weighted by atomic mass is 35.5. The molecule has 0 spiro atoms. The molecule has 0 aliphatic carbocycles. The number of halogens is 1. The van der Waals surface area contributed by atoms with Crippen LogP contribution in [0.3, 0.4) is 0 Å². The summed E-state index contributed by atoms with van der Waals surface area (Å²) < 4.78 is 0. The van der Waals surface area contributed by atoms with Crippen LogP contribution in [0.4, 0.5) is 10.5 Å². The van der Waals surface area contributed by atoms with Crippen LogP contribution in [0, 0.1) is 18.3 Å². The van der Waals surface area contributed by atoms with E-state index in [2.05, 4.69) is 0 Å². The number of benzene rings is 1. The Hall–Kier alpha value is -1.77. The Kier molecular flexibility index (Phi) is 3.31. The molecule has 0 unspecified atom stereocenters. The van der Waals surface area contributed by atoms with E-state index in [4.69, 9.17) is 16.9 Å². The number of amides is 2. The average molecular weight is 306 g/mol. The first-order chi connectivity index (χ1) is 9.97. The number of aliphatic hydroxyl groups is 1. The topological polar surface area (TPSA) is 67.6 Å². The number of fused-ring (bicyclic) bond motifs is 1. The van der Waals surface area contributed by atoms with Crippen molar-refractivity contribution in [2.45, 2.75) is 38.5 Å². The summed E-state index contributed by atoms with van der Waals surface area (Å²) in [4.78, 5) is 16.0. The third-order valence-corrected chi connectivity index (χ3v) is 5.00. The zero-order valence-electron chi connectivity index (χ0n) is 11.9. The molecule has 5 nitrogen and oxygen atoms in total. The Morgan fingerprint density at radius 1 is 1.48 bits per heavy atom. The first-order valence-electron chi connectivity index (χ1n) is 6.94. The molecule has 2 saturated heterocycles. The highest BCUT2D eigenvalue weighted by molar-refractivity contribution is 6.33. The number of rotatable bonds is 1. The fraction of sp³-hybridized carbons (Fsp3) is 0.467. The molecule has 0 bridgehead atoms. The Bertz CT molecular complexity index is 655. The minimum Gasteiger partial charge on any atom is -0.391 e. The van der Waals surface area contributed by atoms with Crippen molar-refractivity contribution < 1.29 is 9.90 Å². The highest BCUT2D eigenvalue weighted by Crippen LogP contribution is 2.38. The average Bonchev–Trinajstić information content (AvgIpc) is 2.95. The van der Waals surface area contributed by atoms with Crippen molar-refractivity contribution in [2.75, 3.05) is 11.4 Å². The van der Waals surface area contributed by atoms with Crippen molar-refractivity contribution >= 4 is 23.3 Å². The Balaban J connectivity index is 2.04. The summed E-state index contributed by atoms with van der Waals surface area (Å²) in [7, 11) is 0. The lowest BCUT2D eigenvalue weighted by Crippen LogP contribution is -2.39. The molecule has 1 aromatic carbocycles. The van der Waals surface area contributed by atoms with Crippen LogP contribution in [0.1, 0.15) is 24.5 Å². The molecule has 2 aliphatic rings. The molecule has 21 heavy (non-hydrogen) atoms. The fourth-order valence-electron chi connectivity index (χ4n) is 3.41. The van der Waals surface area contributed by atoms with Gasteiger partial charge in [-0.3, -0.25) is 4.90 Å². The second kappa shape index (κ2) is 4.90. The lowest BCUT2D eigenvalue weighted by atomic mass is 10.0. The summed E-state index contributed by atoms with van der Waals surface area (Å²) in [6.45, 7) is 4.32. The van der Waals surface area contributed by atoms with E-state index in [-0.39, 0.29) is 18.1 Å². The third-order valence-electron chi connectivity index (χ3n) is 4.51. The number of anilines is 1. The summed E-state index contributed by atoms with van der Waals surface area (Å²) in [6.07, 6.45) is 0.143. The second-order valence-electron chi connectivity index (χ2n) is 5.62. The molecule has 0 saturated carbocycles. The SMILES string of the molecule is Cc1c(N2C(=O)N3CC[C@@H](O)[C@H]3[C@@H]2C)ccc(C#N)c1Cl. The smallest absolute Gasteiger partial charge is 0.325 e. The van der Waals surface area contributed by atoms with Gasteiger partial charge in [-0.1, -0.05) is 11.6 Å². The van der Waals surface area contributed by atoms with Gasteiger partial charge in [0.25, 0.3) is 0 Å². The van der Waals surface area contributed by atoms with Crippen LogP contribution in [-0.2, 0) is 0 Å². The maximum Gasteiger partial charge on any atom is 0.325 e. The number of hydrogen-bond donors (Lipinski definition) is 1. The predicted octanol–water partition coefficient (Wildman–Crippen LogP) is 2.28. The molecule has 110 valence electrons. The van der Waals surface area contributed by atoms with E-state index in [1.165, 1.54) is 0 Å². The van der Waals surface area contributed by atoms with Crippen LogP contribution in [0.25, 0.3) is 0 Å². The van der Waals surface area contributed by atoms with Crippen LogP contribution in [-0.4, -0.2) is 40.8 Å². The normalized spacial score (nSPS) is 28.0. The highest BCUT2D eigenvalue weighted by Gasteiger charge is 2.50. The number of carbonyl (C=O) groups excluding carboxylic acids is 1. The zero-order chi connectivity index (χ0) is 15.3. The molecule has 2 fully saturated rings. The van der Waals surface area contributed by atoms with E-state index in [9.17, 15) is 9.90 Å². The predicted molar refractivity (Wildman–Crippen MR) is 79.4 cm³/mol. The molecule has 1 N–H and O–H groups in total. The molecule has 3 atom stereocenters. The number of urea groups is 1. The molecule has 2 amide bonds. The molecule has 2 heterocycles. The van der Waals surface area contributed by atoms with E-state index < -0.39 is 6.10 Å². The van der Waals surface area contributed by atoms with Gasteiger partial charge in [-0.25, -0.2) is 4.79 Å². The van der Waals surface area contributed by atoms with Crippen LogP contribution < -0.4 is 4.90 Å². The van der Waals surface area contributed by atoms with Gasteiger partial charge in [-0.2, -0.15) is 5.26 Å². The lowest BCUT2D eigenvalue weighted by molar-refractivity contribution is 0.133. The van der Waals surface area contributed by atoms with Crippen molar-refractivity contribution in [1.29, 1.82) is 5.26 Å². The van der Waals surface area contributed by atoms with E-state index in [1.807, 2.05) is 13.0 Å². The minimum absolute atomic E-state index is 0.104. The van der Waals surface area contributed by atoms with Crippen LogP contribution in [0.2, 0.25) is 5.02 Å². The van der Waals surface area contributed by atoms with E-state index >= 15 is 0 Å². The van der Waals surface area contributed by atoms with Gasteiger partial charge in [-0.05, 0) is 38.0 Å². The minimum atomic E-state index is -0.483. The summed E-state index contributed by atoms with van der Waals surface area (Å²) in [5.41, 5.74) is 1.82. The monoisotopic (exact) mass is 305 g/mol. The standard InChI is InChI=1S/C15H16ClN3O2/c1-8-11(4-3-10(7-17)13(8)16)19-9(2)14-12(20)5-6-18(14)15(19)21/h3-4,9,12,14,20H,5-6H2,1-2H3/t9-,12+,14+/m0/s1. The third kappa shape index (κ3) is 1.90. The largest absolute Gasteiger partial charge is 0.391 e.